The quantitative estimate of drug-likeness (QED) is 0.345. The normalized spacial score (nSPS) is 29.0. The number of anilines is 2. The highest BCUT2D eigenvalue weighted by molar-refractivity contribution is 8.02. The standard InChI is InChI=1S/C30H36ClN3O4S/c1-18-11-10-14-21(31)25(18)33-28(37)26-30-19(2)17-22(39-30)23(27(36)32-20-12-6-5-7-13-20)24(30)29(38)34(26)15-8-3-4-9-16-35/h5-7,10-14,19,22-24,26,35H,3-4,8-9,15-17H2,1-2H3,(H,32,36)(H,33,37)/t19?,22-,23+,24-,26?,30?/m0/s1. The number of aliphatic hydroxyl groups excluding tert-OH is 1. The molecule has 3 aliphatic rings. The van der Waals surface area contributed by atoms with Gasteiger partial charge in [-0.25, -0.2) is 0 Å². The van der Waals surface area contributed by atoms with Crippen molar-refractivity contribution in [1.29, 1.82) is 0 Å². The molecule has 0 aromatic heterocycles. The van der Waals surface area contributed by atoms with E-state index in [1.54, 1.807) is 22.7 Å². The third-order valence-electron chi connectivity index (χ3n) is 8.62. The van der Waals surface area contributed by atoms with Gasteiger partial charge < -0.3 is 20.6 Å². The van der Waals surface area contributed by atoms with Crippen LogP contribution in [-0.2, 0) is 14.4 Å². The van der Waals surface area contributed by atoms with E-state index in [9.17, 15) is 14.4 Å². The largest absolute Gasteiger partial charge is 0.396 e. The number of likely N-dealkylation sites (tertiary alicyclic amines) is 1. The summed E-state index contributed by atoms with van der Waals surface area (Å²) >= 11 is 8.13. The van der Waals surface area contributed by atoms with Gasteiger partial charge in [-0.1, -0.05) is 61.7 Å². The van der Waals surface area contributed by atoms with E-state index in [2.05, 4.69) is 17.6 Å². The summed E-state index contributed by atoms with van der Waals surface area (Å²) in [5, 5.41) is 15.7. The summed E-state index contributed by atoms with van der Waals surface area (Å²) in [7, 11) is 0. The first-order chi connectivity index (χ1) is 18.8. The Bertz CT molecular complexity index is 1220. The lowest BCUT2D eigenvalue weighted by Gasteiger charge is -2.38. The third kappa shape index (κ3) is 4.96. The van der Waals surface area contributed by atoms with Crippen LogP contribution in [0.15, 0.2) is 48.5 Å². The number of halogens is 1. The summed E-state index contributed by atoms with van der Waals surface area (Å²) in [4.78, 5) is 43.7. The number of benzene rings is 2. The molecule has 3 saturated heterocycles. The lowest BCUT2D eigenvalue weighted by atomic mass is 9.66. The van der Waals surface area contributed by atoms with Crippen molar-refractivity contribution >= 4 is 52.5 Å². The molecule has 7 nitrogen and oxygen atoms in total. The zero-order valence-electron chi connectivity index (χ0n) is 22.4. The van der Waals surface area contributed by atoms with E-state index in [-0.39, 0.29) is 35.5 Å². The first-order valence-corrected chi connectivity index (χ1v) is 15.1. The van der Waals surface area contributed by atoms with Gasteiger partial charge in [0.1, 0.15) is 6.04 Å². The molecule has 3 heterocycles. The summed E-state index contributed by atoms with van der Waals surface area (Å²) < 4.78 is -0.690. The summed E-state index contributed by atoms with van der Waals surface area (Å²) in [6.45, 7) is 4.59. The topological polar surface area (TPSA) is 98.7 Å². The fourth-order valence-corrected chi connectivity index (χ4v) is 9.53. The second kappa shape index (κ2) is 11.5. The Kier molecular flexibility index (Phi) is 8.26. The number of unbranched alkanes of at least 4 members (excludes halogenated alkanes) is 3. The van der Waals surface area contributed by atoms with E-state index in [1.165, 1.54) is 0 Å². The highest BCUT2D eigenvalue weighted by Gasteiger charge is 2.75. The smallest absolute Gasteiger partial charge is 0.248 e. The van der Waals surface area contributed by atoms with Crippen molar-refractivity contribution in [2.75, 3.05) is 23.8 Å². The van der Waals surface area contributed by atoms with Crippen LogP contribution >= 0.6 is 23.4 Å². The van der Waals surface area contributed by atoms with E-state index in [0.717, 1.165) is 31.2 Å². The fourth-order valence-electron chi connectivity index (χ4n) is 6.84. The van der Waals surface area contributed by atoms with Crippen molar-refractivity contribution in [3.8, 4) is 0 Å². The molecule has 3 amide bonds. The molecule has 0 aliphatic carbocycles. The van der Waals surface area contributed by atoms with Crippen LogP contribution < -0.4 is 10.6 Å². The van der Waals surface area contributed by atoms with Crippen molar-refractivity contribution in [2.45, 2.75) is 62.0 Å². The molecule has 39 heavy (non-hydrogen) atoms. The van der Waals surface area contributed by atoms with E-state index in [1.807, 2.05) is 49.4 Å². The number of aliphatic hydroxyl groups is 1. The molecule has 3 unspecified atom stereocenters. The van der Waals surface area contributed by atoms with Crippen LogP contribution in [0.3, 0.4) is 0 Å². The number of hydrogen-bond donors (Lipinski definition) is 3. The first kappa shape index (κ1) is 28.0. The average molecular weight is 570 g/mol. The van der Waals surface area contributed by atoms with Gasteiger partial charge in [-0.05, 0) is 55.9 Å². The predicted octanol–water partition coefficient (Wildman–Crippen LogP) is 5.12. The number of nitrogens with zero attached hydrogens (tertiary/aromatic N) is 1. The van der Waals surface area contributed by atoms with Crippen LogP contribution in [0.5, 0.6) is 0 Å². The zero-order valence-corrected chi connectivity index (χ0v) is 23.9. The molecule has 1 spiro atoms. The van der Waals surface area contributed by atoms with Crippen LogP contribution in [0.1, 0.15) is 44.6 Å². The van der Waals surface area contributed by atoms with E-state index < -0.39 is 22.6 Å². The summed E-state index contributed by atoms with van der Waals surface area (Å²) in [6, 6.07) is 14.1. The minimum atomic E-state index is -0.706. The number of carbonyl (C=O) groups is 3. The molecule has 2 aromatic rings. The molecule has 2 aromatic carbocycles. The Labute approximate surface area is 239 Å². The van der Waals surface area contributed by atoms with Gasteiger partial charge in [0.25, 0.3) is 0 Å². The van der Waals surface area contributed by atoms with Crippen LogP contribution in [0.25, 0.3) is 0 Å². The molecule has 208 valence electrons. The number of nitrogens with one attached hydrogen (secondary N) is 2. The second-order valence-electron chi connectivity index (χ2n) is 11.0. The Morgan fingerprint density at radius 2 is 1.79 bits per heavy atom. The second-order valence-corrected chi connectivity index (χ2v) is 13.0. The number of thioether (sulfide) groups is 1. The van der Waals surface area contributed by atoms with Gasteiger partial charge in [0.05, 0.1) is 27.3 Å². The first-order valence-electron chi connectivity index (χ1n) is 13.8. The van der Waals surface area contributed by atoms with Crippen molar-refractivity contribution in [3.63, 3.8) is 0 Å². The molecular weight excluding hydrogens is 534 g/mol. The highest BCUT2D eigenvalue weighted by atomic mass is 35.5. The van der Waals surface area contributed by atoms with Crippen LogP contribution in [-0.4, -0.2) is 56.9 Å². The Hall–Kier alpha value is -2.55. The number of rotatable bonds is 10. The molecule has 9 heteroatoms. The number of hydrogen-bond acceptors (Lipinski definition) is 5. The molecular formula is C30H36ClN3O4S. The zero-order chi connectivity index (χ0) is 27.7. The Morgan fingerprint density at radius 1 is 1.05 bits per heavy atom. The fraction of sp³-hybridized carbons (Fsp3) is 0.500. The maximum absolute atomic E-state index is 14.2. The van der Waals surface area contributed by atoms with Crippen molar-refractivity contribution in [3.05, 3.63) is 59.1 Å². The third-order valence-corrected chi connectivity index (χ3v) is 11.0. The van der Waals surface area contributed by atoms with E-state index in [4.69, 9.17) is 16.7 Å². The van der Waals surface area contributed by atoms with Gasteiger partial charge in [0, 0.05) is 24.1 Å². The van der Waals surface area contributed by atoms with Gasteiger partial charge in [0.2, 0.25) is 17.7 Å². The van der Waals surface area contributed by atoms with Crippen LogP contribution in [0.4, 0.5) is 11.4 Å². The van der Waals surface area contributed by atoms with Gasteiger partial charge in [0.15, 0.2) is 0 Å². The van der Waals surface area contributed by atoms with Crippen molar-refractivity contribution < 1.29 is 19.5 Å². The highest BCUT2D eigenvalue weighted by Crippen LogP contribution is 2.68. The van der Waals surface area contributed by atoms with Gasteiger partial charge in [-0.15, -0.1) is 11.8 Å². The monoisotopic (exact) mass is 569 g/mol. The van der Waals surface area contributed by atoms with Gasteiger partial charge >= 0.3 is 0 Å². The predicted molar refractivity (Wildman–Crippen MR) is 156 cm³/mol. The lowest BCUT2D eigenvalue weighted by molar-refractivity contribution is -0.138. The van der Waals surface area contributed by atoms with Crippen LogP contribution in [0.2, 0.25) is 5.02 Å². The minimum absolute atomic E-state index is 0.0262. The van der Waals surface area contributed by atoms with E-state index >= 15 is 0 Å². The lowest BCUT2D eigenvalue weighted by Crippen LogP contribution is -2.55. The molecule has 3 fully saturated rings. The molecule has 0 saturated carbocycles. The molecule has 0 radical (unpaired) electrons. The Balaban J connectivity index is 1.47. The van der Waals surface area contributed by atoms with Crippen molar-refractivity contribution in [2.24, 2.45) is 17.8 Å². The molecule has 6 atom stereocenters. The van der Waals surface area contributed by atoms with Crippen molar-refractivity contribution in [1.82, 2.24) is 4.90 Å². The maximum atomic E-state index is 14.2. The number of carbonyl (C=O) groups excluding carboxylic acids is 3. The SMILES string of the molecule is Cc1cccc(Cl)c1NC(=O)C1N(CCCCCCO)C(=O)[C@@H]2[C@H](C(=O)Nc3ccccc3)[C@@H]3CC(C)C12S3. The average Bonchev–Trinajstić information content (AvgIpc) is 3.50. The number of para-hydroxylation sites is 2. The summed E-state index contributed by atoms with van der Waals surface area (Å²) in [5.74, 6) is -1.50. The van der Waals surface area contributed by atoms with Gasteiger partial charge in [-0.2, -0.15) is 0 Å². The van der Waals surface area contributed by atoms with Gasteiger partial charge in [-0.3, -0.25) is 14.4 Å². The van der Waals surface area contributed by atoms with E-state index in [0.29, 0.717) is 29.4 Å². The number of fused-ring (bicyclic) bond motifs is 1. The molecule has 2 bridgehead atoms. The Morgan fingerprint density at radius 3 is 2.51 bits per heavy atom. The molecule has 3 N–H and O–H groups in total. The molecule has 3 aliphatic heterocycles. The summed E-state index contributed by atoms with van der Waals surface area (Å²) in [5.41, 5.74) is 2.11. The van der Waals surface area contributed by atoms with Crippen LogP contribution in [0, 0.1) is 24.7 Å². The number of amides is 3. The summed E-state index contributed by atoms with van der Waals surface area (Å²) in [6.07, 6.45) is 3.93. The maximum Gasteiger partial charge on any atom is 0.248 e. The minimum Gasteiger partial charge on any atom is -0.396 e. The number of aryl methyl sites for hydroxylation is 1. The molecule has 5 rings (SSSR count).